The molecule has 0 saturated carbocycles. The zero-order valence-electron chi connectivity index (χ0n) is 14.6. The van der Waals surface area contributed by atoms with Gasteiger partial charge < -0.3 is 9.64 Å². The van der Waals surface area contributed by atoms with Crippen molar-refractivity contribution >= 4 is 11.6 Å². The van der Waals surface area contributed by atoms with Gasteiger partial charge in [-0.25, -0.2) is 0 Å². The first kappa shape index (κ1) is 18.0. The molecule has 2 aliphatic heterocycles. The number of hydrogen-bond acceptors (Lipinski definition) is 4. The molecular weight excluding hydrogens is 322 g/mol. The molecule has 24 heavy (non-hydrogen) atoms. The van der Waals surface area contributed by atoms with E-state index in [1.807, 2.05) is 24.3 Å². The molecule has 2 aliphatic rings. The lowest BCUT2D eigenvalue weighted by atomic mass is 10.1. The number of nitrogens with zero attached hydrogens (tertiary/aromatic N) is 3. The van der Waals surface area contributed by atoms with E-state index in [0.717, 1.165) is 25.4 Å². The molecule has 1 aromatic rings. The van der Waals surface area contributed by atoms with Crippen LogP contribution in [0, 0.1) is 0 Å². The van der Waals surface area contributed by atoms with Gasteiger partial charge in [0.25, 0.3) is 0 Å². The van der Waals surface area contributed by atoms with E-state index < -0.39 is 0 Å². The van der Waals surface area contributed by atoms with Crippen molar-refractivity contribution < 1.29 is 4.74 Å². The Bertz CT molecular complexity index is 485. The first-order valence-electron chi connectivity index (χ1n) is 9.36. The summed E-state index contributed by atoms with van der Waals surface area (Å²) >= 11 is 6.11. The number of para-hydroxylation sites is 1. The molecular formula is C19H30ClN3O. The summed E-state index contributed by atoms with van der Waals surface area (Å²) in [6.45, 7) is 11.4. The van der Waals surface area contributed by atoms with Crippen molar-refractivity contribution in [1.82, 2.24) is 14.7 Å². The van der Waals surface area contributed by atoms with Crippen molar-refractivity contribution in [2.24, 2.45) is 0 Å². The number of hydrogen-bond donors (Lipinski definition) is 0. The average Bonchev–Trinajstić information content (AvgIpc) is 2.63. The minimum atomic E-state index is 0.694. The number of benzene rings is 1. The quantitative estimate of drug-likeness (QED) is 0.751. The van der Waals surface area contributed by atoms with Crippen molar-refractivity contribution in [1.29, 1.82) is 0 Å². The summed E-state index contributed by atoms with van der Waals surface area (Å²) in [6.07, 6.45) is 4.20. The van der Waals surface area contributed by atoms with Crippen molar-refractivity contribution in [3.05, 3.63) is 29.3 Å². The molecule has 2 fully saturated rings. The molecule has 0 spiro atoms. The Morgan fingerprint density at radius 3 is 2.00 bits per heavy atom. The van der Waals surface area contributed by atoms with E-state index in [0.29, 0.717) is 11.6 Å². The molecule has 134 valence electrons. The second kappa shape index (κ2) is 9.62. The van der Waals surface area contributed by atoms with Crippen LogP contribution in [0.5, 0.6) is 5.75 Å². The predicted octanol–water partition coefficient (Wildman–Crippen LogP) is 2.82. The van der Waals surface area contributed by atoms with Crippen LogP contribution in [0.4, 0.5) is 0 Å². The molecule has 2 saturated heterocycles. The van der Waals surface area contributed by atoms with Gasteiger partial charge >= 0.3 is 0 Å². The molecule has 4 nitrogen and oxygen atoms in total. The van der Waals surface area contributed by atoms with Gasteiger partial charge in [-0.1, -0.05) is 30.2 Å². The highest BCUT2D eigenvalue weighted by molar-refractivity contribution is 6.32. The van der Waals surface area contributed by atoms with E-state index in [2.05, 4.69) is 14.7 Å². The van der Waals surface area contributed by atoms with E-state index in [1.54, 1.807) is 0 Å². The molecule has 3 rings (SSSR count). The van der Waals surface area contributed by atoms with Crippen LogP contribution in [0.15, 0.2) is 24.3 Å². The minimum absolute atomic E-state index is 0.694. The predicted molar refractivity (Wildman–Crippen MR) is 100 cm³/mol. The van der Waals surface area contributed by atoms with Gasteiger partial charge in [-0.2, -0.15) is 0 Å². The Labute approximate surface area is 151 Å². The van der Waals surface area contributed by atoms with Gasteiger partial charge in [0.15, 0.2) is 0 Å². The van der Waals surface area contributed by atoms with Crippen LogP contribution in [-0.2, 0) is 0 Å². The Hall–Kier alpha value is -0.810. The van der Waals surface area contributed by atoms with Crippen molar-refractivity contribution in [3.63, 3.8) is 0 Å². The van der Waals surface area contributed by atoms with Crippen molar-refractivity contribution in [3.8, 4) is 5.75 Å². The van der Waals surface area contributed by atoms with Gasteiger partial charge in [0.05, 0.1) is 5.02 Å². The maximum atomic E-state index is 6.11. The SMILES string of the molecule is Clc1ccccc1OCCN1CCN(CCN2CCCCC2)CC1. The maximum absolute atomic E-state index is 6.11. The van der Waals surface area contributed by atoms with Crippen LogP contribution in [0.2, 0.25) is 5.02 Å². The maximum Gasteiger partial charge on any atom is 0.137 e. The average molecular weight is 352 g/mol. The first-order chi connectivity index (χ1) is 11.8. The second-order valence-corrected chi connectivity index (χ2v) is 7.27. The van der Waals surface area contributed by atoms with E-state index >= 15 is 0 Å². The molecule has 1 aromatic carbocycles. The lowest BCUT2D eigenvalue weighted by Gasteiger charge is -2.36. The monoisotopic (exact) mass is 351 g/mol. The highest BCUT2D eigenvalue weighted by Crippen LogP contribution is 2.22. The summed E-state index contributed by atoms with van der Waals surface area (Å²) in [6, 6.07) is 7.69. The van der Waals surface area contributed by atoms with Crippen LogP contribution in [0.1, 0.15) is 19.3 Å². The van der Waals surface area contributed by atoms with E-state index in [9.17, 15) is 0 Å². The number of piperidine rings is 1. The van der Waals surface area contributed by atoms with Crippen LogP contribution in [0.25, 0.3) is 0 Å². The summed E-state index contributed by atoms with van der Waals surface area (Å²) < 4.78 is 5.80. The Kier molecular flexibility index (Phi) is 7.21. The number of rotatable bonds is 7. The normalized spacial score (nSPS) is 21.0. The van der Waals surface area contributed by atoms with Gasteiger partial charge in [0.1, 0.15) is 12.4 Å². The summed E-state index contributed by atoms with van der Waals surface area (Å²) in [4.78, 5) is 7.74. The Balaban J connectivity index is 1.28. The van der Waals surface area contributed by atoms with Crippen LogP contribution < -0.4 is 4.74 Å². The van der Waals surface area contributed by atoms with Gasteiger partial charge in [-0.15, -0.1) is 0 Å². The number of piperazine rings is 1. The smallest absolute Gasteiger partial charge is 0.137 e. The Morgan fingerprint density at radius 2 is 1.33 bits per heavy atom. The summed E-state index contributed by atoms with van der Waals surface area (Å²) in [5.41, 5.74) is 0. The molecule has 0 radical (unpaired) electrons. The van der Waals surface area contributed by atoms with Crippen LogP contribution in [0.3, 0.4) is 0 Å². The second-order valence-electron chi connectivity index (χ2n) is 6.86. The zero-order valence-corrected chi connectivity index (χ0v) is 15.4. The standard InChI is InChI=1S/C19H30ClN3O/c20-18-6-2-3-7-19(18)24-17-16-23-14-12-22(13-15-23)11-10-21-8-4-1-5-9-21/h2-3,6-7H,1,4-5,8-17H2. The van der Waals surface area contributed by atoms with Crippen LogP contribution >= 0.6 is 11.6 Å². The molecule has 0 amide bonds. The minimum Gasteiger partial charge on any atom is -0.491 e. The fourth-order valence-corrected chi connectivity index (χ4v) is 3.74. The lowest BCUT2D eigenvalue weighted by molar-refractivity contribution is 0.103. The largest absolute Gasteiger partial charge is 0.491 e. The summed E-state index contributed by atoms with van der Waals surface area (Å²) in [5.74, 6) is 0.791. The van der Waals surface area contributed by atoms with E-state index in [1.165, 1.54) is 58.5 Å². The Morgan fingerprint density at radius 1 is 0.750 bits per heavy atom. The lowest BCUT2D eigenvalue weighted by Crippen LogP contribution is -2.49. The summed E-state index contributed by atoms with van der Waals surface area (Å²) in [7, 11) is 0. The molecule has 5 heteroatoms. The summed E-state index contributed by atoms with van der Waals surface area (Å²) in [5, 5.41) is 0.694. The molecule has 0 aromatic heterocycles. The third kappa shape index (κ3) is 5.62. The molecule has 2 heterocycles. The third-order valence-electron chi connectivity index (χ3n) is 5.15. The third-order valence-corrected chi connectivity index (χ3v) is 5.46. The molecule has 0 N–H and O–H groups in total. The van der Waals surface area contributed by atoms with Gasteiger partial charge in [0.2, 0.25) is 0 Å². The highest BCUT2D eigenvalue weighted by Gasteiger charge is 2.18. The van der Waals surface area contributed by atoms with Gasteiger partial charge in [0, 0.05) is 45.8 Å². The fraction of sp³-hybridized carbons (Fsp3) is 0.684. The van der Waals surface area contributed by atoms with Crippen molar-refractivity contribution in [2.75, 3.05) is 65.5 Å². The zero-order chi connectivity index (χ0) is 16.6. The number of ether oxygens (including phenoxy) is 1. The molecule has 0 unspecified atom stereocenters. The number of halogens is 1. The van der Waals surface area contributed by atoms with Gasteiger partial charge in [-0.05, 0) is 38.1 Å². The van der Waals surface area contributed by atoms with Crippen molar-refractivity contribution in [2.45, 2.75) is 19.3 Å². The fourth-order valence-electron chi connectivity index (χ4n) is 3.55. The topological polar surface area (TPSA) is 19.0 Å². The molecule has 0 aliphatic carbocycles. The van der Waals surface area contributed by atoms with E-state index in [4.69, 9.17) is 16.3 Å². The highest BCUT2D eigenvalue weighted by atomic mass is 35.5. The number of likely N-dealkylation sites (tertiary alicyclic amines) is 1. The molecule has 0 bridgehead atoms. The van der Waals surface area contributed by atoms with Gasteiger partial charge in [-0.3, -0.25) is 9.80 Å². The van der Waals surface area contributed by atoms with Crippen LogP contribution in [-0.4, -0.2) is 80.2 Å². The van der Waals surface area contributed by atoms with E-state index in [-0.39, 0.29) is 0 Å². The molecule has 0 atom stereocenters. The first-order valence-corrected chi connectivity index (χ1v) is 9.73.